The minimum absolute atomic E-state index is 0.0140. The van der Waals surface area contributed by atoms with Crippen molar-refractivity contribution in [1.29, 1.82) is 10.8 Å². The van der Waals surface area contributed by atoms with Crippen LogP contribution in [0, 0.1) is 16.7 Å². The number of hydrogen-bond acceptors (Lipinski definition) is 3. The minimum Gasteiger partial charge on any atom is -0.460 e. The summed E-state index contributed by atoms with van der Waals surface area (Å²) in [7, 11) is 0. The highest BCUT2D eigenvalue weighted by atomic mass is 16.5. The molecule has 1 aliphatic heterocycles. The first-order valence-electron chi connectivity index (χ1n) is 17.4. The molecule has 4 unspecified atom stereocenters. The lowest BCUT2D eigenvalue weighted by Gasteiger charge is -2.46. The van der Waals surface area contributed by atoms with Gasteiger partial charge in [0.15, 0.2) is 0 Å². The second-order valence-electron chi connectivity index (χ2n) is 13.5. The van der Waals surface area contributed by atoms with E-state index in [0.717, 1.165) is 40.2 Å². The van der Waals surface area contributed by atoms with Gasteiger partial charge in [-0.05, 0) is 69.6 Å². The molecule has 3 heteroatoms. The quantitative estimate of drug-likeness (QED) is 0.178. The van der Waals surface area contributed by atoms with Crippen LogP contribution in [0.4, 0.5) is 0 Å². The number of hydrogen-bond donors (Lipinski definition) is 2. The van der Waals surface area contributed by atoms with Gasteiger partial charge in [-0.15, -0.1) is 0 Å². The zero-order chi connectivity index (χ0) is 33.7. The highest BCUT2D eigenvalue weighted by Gasteiger charge is 2.57. The van der Waals surface area contributed by atoms with E-state index in [1.165, 1.54) is 27.8 Å². The van der Waals surface area contributed by atoms with E-state index >= 15 is 0 Å². The van der Waals surface area contributed by atoms with Gasteiger partial charge in [-0.2, -0.15) is 0 Å². The molecule has 0 saturated carbocycles. The number of nitrogens with one attached hydrogen (secondary N) is 2. The van der Waals surface area contributed by atoms with Crippen LogP contribution in [-0.4, -0.2) is 11.4 Å². The average molecular weight is 645 g/mol. The molecule has 1 spiro atoms. The Morgan fingerprint density at radius 3 is 2.20 bits per heavy atom. The molecule has 3 nitrogen and oxygen atoms in total. The van der Waals surface area contributed by atoms with Crippen molar-refractivity contribution >= 4 is 11.4 Å². The zero-order valence-electron chi connectivity index (χ0n) is 27.6. The molecule has 0 saturated heterocycles. The molecule has 3 aliphatic carbocycles. The topological polar surface area (TPSA) is 56.9 Å². The molecule has 9 rings (SSSR count). The number of para-hydroxylation sites is 1. The second kappa shape index (κ2) is 12.1. The number of rotatable bonds is 6. The van der Waals surface area contributed by atoms with E-state index < -0.39 is 0 Å². The summed E-state index contributed by atoms with van der Waals surface area (Å²) in [5.41, 5.74) is 10.7. The summed E-state index contributed by atoms with van der Waals surface area (Å²) in [4.78, 5) is 0. The van der Waals surface area contributed by atoms with Crippen LogP contribution in [0.15, 0.2) is 187 Å². The van der Waals surface area contributed by atoms with Crippen LogP contribution in [0.1, 0.15) is 51.6 Å². The predicted octanol–water partition coefficient (Wildman–Crippen LogP) is 10.9. The third kappa shape index (κ3) is 4.65. The van der Waals surface area contributed by atoms with Crippen LogP contribution in [-0.2, 0) is 5.41 Å². The second-order valence-corrected chi connectivity index (χ2v) is 13.5. The lowest BCUT2D eigenvalue weighted by atomic mass is 9.59. The SMILES string of the molecule is N=C(/C=C\C(=N)c1cccc(-c2ccccc2C2CC=CC3=C2Oc2ccccc2C32c3ccccc3C3C=CC=CC32)c1)c1ccccc1. The standard InChI is InChI=1S/C47H36N2O/c48-43(31-14-2-1-3-15-31)28-29-44(49)33-17-12-16-32(30-33)34-18-4-5-19-35(34)38-22-13-26-42-46(38)50-45-27-11-10-25-41(45)47(42)39-23-8-6-20-36(39)37-21-7-9-24-40(37)47/h1-21,23-30,36,38-39,48-49H,22H2/b29-28-,48-43?,49-44?. The summed E-state index contributed by atoms with van der Waals surface area (Å²) >= 11 is 0. The molecule has 0 bridgehead atoms. The summed E-state index contributed by atoms with van der Waals surface area (Å²) < 4.78 is 7.05. The summed E-state index contributed by atoms with van der Waals surface area (Å²) in [5.74, 6) is 2.51. The Kier molecular flexibility index (Phi) is 7.28. The number of fused-ring (bicyclic) bond motifs is 8. The van der Waals surface area contributed by atoms with Crippen LogP contribution in [0.2, 0.25) is 0 Å². The Labute approximate surface area is 293 Å². The third-order valence-corrected chi connectivity index (χ3v) is 10.9. The van der Waals surface area contributed by atoms with Crippen molar-refractivity contribution in [2.45, 2.75) is 23.7 Å². The molecule has 0 aromatic heterocycles. The lowest BCUT2D eigenvalue weighted by molar-refractivity contribution is 0.313. The number of allylic oxidation sites excluding steroid dienone is 10. The van der Waals surface area contributed by atoms with E-state index in [1.54, 1.807) is 12.2 Å². The highest BCUT2D eigenvalue weighted by Crippen LogP contribution is 2.65. The maximum absolute atomic E-state index is 8.88. The van der Waals surface area contributed by atoms with Crippen LogP contribution in [0.25, 0.3) is 11.1 Å². The van der Waals surface area contributed by atoms with Crippen LogP contribution in [0.3, 0.4) is 0 Å². The van der Waals surface area contributed by atoms with Gasteiger partial charge in [0.25, 0.3) is 0 Å². The molecule has 50 heavy (non-hydrogen) atoms. The van der Waals surface area contributed by atoms with Gasteiger partial charge in [-0.25, -0.2) is 0 Å². The molecular formula is C47H36N2O. The molecule has 5 aromatic rings. The van der Waals surface area contributed by atoms with Gasteiger partial charge in [-0.3, -0.25) is 0 Å². The van der Waals surface area contributed by atoms with E-state index in [9.17, 15) is 0 Å². The zero-order valence-corrected chi connectivity index (χ0v) is 27.6. The number of ether oxygens (including phenoxy) is 1. The Balaban J connectivity index is 1.14. The van der Waals surface area contributed by atoms with E-state index in [4.69, 9.17) is 15.6 Å². The molecule has 5 aromatic carbocycles. The molecule has 0 radical (unpaired) electrons. The summed E-state index contributed by atoms with van der Waals surface area (Å²) in [6.07, 6.45) is 18.2. The first-order chi connectivity index (χ1) is 24.6. The number of benzene rings is 5. The summed E-state index contributed by atoms with van der Waals surface area (Å²) in [5, 5.41) is 17.3. The molecular weight excluding hydrogens is 609 g/mol. The molecule has 4 atom stereocenters. The van der Waals surface area contributed by atoms with Crippen LogP contribution in [0.5, 0.6) is 5.75 Å². The molecule has 2 N–H and O–H groups in total. The van der Waals surface area contributed by atoms with Gasteiger partial charge in [0.1, 0.15) is 11.5 Å². The van der Waals surface area contributed by atoms with Gasteiger partial charge >= 0.3 is 0 Å². The fourth-order valence-electron chi connectivity index (χ4n) is 8.75. The minimum atomic E-state index is -0.369. The first kappa shape index (κ1) is 30.0. The van der Waals surface area contributed by atoms with Gasteiger partial charge in [0.05, 0.1) is 16.8 Å². The lowest BCUT2D eigenvalue weighted by Crippen LogP contribution is -2.40. The molecule has 1 heterocycles. The van der Waals surface area contributed by atoms with Gasteiger partial charge in [0.2, 0.25) is 0 Å². The normalized spacial score (nSPS) is 22.5. The van der Waals surface area contributed by atoms with E-state index in [1.807, 2.05) is 42.5 Å². The summed E-state index contributed by atoms with van der Waals surface area (Å²) in [6, 6.07) is 44.2. The maximum atomic E-state index is 8.88. The van der Waals surface area contributed by atoms with Crippen molar-refractivity contribution in [3.05, 3.63) is 221 Å². The van der Waals surface area contributed by atoms with Crippen molar-refractivity contribution in [2.75, 3.05) is 0 Å². The third-order valence-electron chi connectivity index (χ3n) is 10.9. The molecule has 4 aliphatic rings. The van der Waals surface area contributed by atoms with Crippen molar-refractivity contribution in [2.24, 2.45) is 5.92 Å². The van der Waals surface area contributed by atoms with E-state index in [2.05, 4.69) is 121 Å². The van der Waals surface area contributed by atoms with Crippen LogP contribution >= 0.6 is 0 Å². The fraction of sp³-hybridized carbons (Fsp3) is 0.106. The highest BCUT2D eigenvalue weighted by molar-refractivity contribution is 6.14. The average Bonchev–Trinajstić information content (AvgIpc) is 3.48. The van der Waals surface area contributed by atoms with Crippen molar-refractivity contribution in [3.63, 3.8) is 0 Å². The smallest absolute Gasteiger partial charge is 0.131 e. The van der Waals surface area contributed by atoms with Gasteiger partial charge < -0.3 is 15.6 Å². The monoisotopic (exact) mass is 644 g/mol. The molecule has 0 amide bonds. The van der Waals surface area contributed by atoms with Gasteiger partial charge in [0, 0.05) is 28.9 Å². The Morgan fingerprint density at radius 2 is 1.34 bits per heavy atom. The van der Waals surface area contributed by atoms with Crippen molar-refractivity contribution in [3.8, 4) is 16.9 Å². The molecule has 240 valence electrons. The molecule has 0 fully saturated rings. The summed E-state index contributed by atoms with van der Waals surface area (Å²) in [6.45, 7) is 0. The Hall–Kier alpha value is -6.06. The Bertz CT molecular complexity index is 2340. The largest absolute Gasteiger partial charge is 0.460 e. The first-order valence-corrected chi connectivity index (χ1v) is 17.4. The predicted molar refractivity (Wildman–Crippen MR) is 203 cm³/mol. The van der Waals surface area contributed by atoms with E-state index in [0.29, 0.717) is 17.3 Å². The van der Waals surface area contributed by atoms with Crippen molar-refractivity contribution in [1.82, 2.24) is 0 Å². The van der Waals surface area contributed by atoms with Crippen LogP contribution < -0.4 is 4.74 Å². The van der Waals surface area contributed by atoms with Crippen molar-refractivity contribution < 1.29 is 4.74 Å². The fourth-order valence-corrected chi connectivity index (χ4v) is 8.75. The van der Waals surface area contributed by atoms with E-state index in [-0.39, 0.29) is 17.3 Å². The Morgan fingerprint density at radius 1 is 0.660 bits per heavy atom. The maximum Gasteiger partial charge on any atom is 0.131 e. The van der Waals surface area contributed by atoms with Gasteiger partial charge in [-0.1, -0.05) is 152 Å².